The van der Waals surface area contributed by atoms with Gasteiger partial charge in [-0.05, 0) is 36.6 Å². The highest BCUT2D eigenvalue weighted by Crippen LogP contribution is 2.36. The Morgan fingerprint density at radius 1 is 1.12 bits per heavy atom. The molecule has 33 heavy (non-hydrogen) atoms. The second kappa shape index (κ2) is 9.30. The maximum absolute atomic E-state index is 13.1. The van der Waals surface area contributed by atoms with E-state index in [9.17, 15) is 18.3 Å². The Balaban J connectivity index is 1.74. The summed E-state index contributed by atoms with van der Waals surface area (Å²) in [5.74, 6) is 1.88. The molecule has 3 aromatic rings. The Labute approximate surface area is 189 Å². The summed E-state index contributed by atoms with van der Waals surface area (Å²) >= 11 is 0. The van der Waals surface area contributed by atoms with Crippen molar-refractivity contribution in [1.82, 2.24) is 9.97 Å². The number of aliphatic hydroxyl groups excluding tert-OH is 1. The molecule has 1 fully saturated rings. The third kappa shape index (κ3) is 4.75. The normalized spacial score (nSPS) is 16.3. The van der Waals surface area contributed by atoms with Gasteiger partial charge in [-0.3, -0.25) is 0 Å². The van der Waals surface area contributed by atoms with Crippen LogP contribution in [0.1, 0.15) is 24.0 Å². The van der Waals surface area contributed by atoms with Crippen molar-refractivity contribution in [3.63, 3.8) is 0 Å². The van der Waals surface area contributed by atoms with Gasteiger partial charge in [-0.25, -0.2) is 4.98 Å². The molecule has 4 rings (SSSR count). The van der Waals surface area contributed by atoms with E-state index in [0.29, 0.717) is 46.3 Å². The maximum Gasteiger partial charge on any atom is 0.416 e. The Bertz CT molecular complexity index is 1140. The van der Waals surface area contributed by atoms with E-state index < -0.39 is 11.7 Å². The van der Waals surface area contributed by atoms with E-state index in [4.69, 9.17) is 9.47 Å². The standard InChI is InChI=1S/C23H25F3N4O3/c1-32-19-10-17-18(11-20(19)33-2)28-22(30-8-4-7-16(30)13-31)29-21(17)27-12-14-5-3-6-15(9-14)23(24,25)26/h3,5-6,9-11,16,31H,4,7-8,12-13H2,1-2H3,(H,27,28,29). The largest absolute Gasteiger partial charge is 0.493 e. The van der Waals surface area contributed by atoms with E-state index in [-0.39, 0.29) is 19.2 Å². The molecule has 0 amide bonds. The monoisotopic (exact) mass is 462 g/mol. The Kier molecular flexibility index (Phi) is 6.46. The minimum absolute atomic E-state index is 0.0136. The van der Waals surface area contributed by atoms with E-state index in [1.807, 2.05) is 4.90 Å². The molecule has 0 spiro atoms. The highest BCUT2D eigenvalue weighted by molar-refractivity contribution is 5.92. The van der Waals surface area contributed by atoms with Crippen molar-refractivity contribution < 1.29 is 27.8 Å². The van der Waals surface area contributed by atoms with Gasteiger partial charge in [0.2, 0.25) is 5.95 Å². The molecule has 0 bridgehead atoms. The molecule has 2 heterocycles. The fraction of sp³-hybridized carbons (Fsp3) is 0.391. The van der Waals surface area contributed by atoms with Crippen LogP contribution in [0, 0.1) is 0 Å². The number of hydrogen-bond donors (Lipinski definition) is 2. The van der Waals surface area contributed by atoms with Crippen LogP contribution in [0.5, 0.6) is 11.5 Å². The first-order chi connectivity index (χ1) is 15.8. The average molecular weight is 462 g/mol. The van der Waals surface area contributed by atoms with Crippen LogP contribution in [-0.2, 0) is 12.7 Å². The zero-order chi connectivity index (χ0) is 23.6. The van der Waals surface area contributed by atoms with Crippen LogP contribution in [0.4, 0.5) is 24.9 Å². The minimum Gasteiger partial charge on any atom is -0.493 e. The summed E-state index contributed by atoms with van der Waals surface area (Å²) in [5, 5.41) is 13.5. The first kappa shape index (κ1) is 22.9. The molecular weight excluding hydrogens is 437 g/mol. The molecule has 10 heteroatoms. The van der Waals surface area contributed by atoms with Gasteiger partial charge in [0.1, 0.15) is 5.82 Å². The highest BCUT2D eigenvalue weighted by atomic mass is 19.4. The lowest BCUT2D eigenvalue weighted by Gasteiger charge is -2.24. The van der Waals surface area contributed by atoms with Crippen molar-refractivity contribution in [2.45, 2.75) is 31.6 Å². The highest BCUT2D eigenvalue weighted by Gasteiger charge is 2.30. The van der Waals surface area contributed by atoms with Crippen LogP contribution < -0.4 is 19.7 Å². The van der Waals surface area contributed by atoms with E-state index in [0.717, 1.165) is 25.0 Å². The molecule has 1 unspecified atom stereocenters. The molecule has 1 aliphatic rings. The Morgan fingerprint density at radius 2 is 1.88 bits per heavy atom. The summed E-state index contributed by atoms with van der Waals surface area (Å²) in [6, 6.07) is 8.55. The van der Waals surface area contributed by atoms with Crippen LogP contribution in [0.3, 0.4) is 0 Å². The van der Waals surface area contributed by atoms with Gasteiger partial charge in [-0.2, -0.15) is 18.2 Å². The number of anilines is 2. The number of fused-ring (bicyclic) bond motifs is 1. The predicted molar refractivity (Wildman–Crippen MR) is 119 cm³/mol. The van der Waals surface area contributed by atoms with Gasteiger partial charge in [0, 0.05) is 24.5 Å². The van der Waals surface area contributed by atoms with Crippen LogP contribution in [-0.4, -0.2) is 48.5 Å². The number of aromatic nitrogens is 2. The number of hydrogen-bond acceptors (Lipinski definition) is 7. The fourth-order valence-electron chi connectivity index (χ4n) is 4.04. The first-order valence-corrected chi connectivity index (χ1v) is 10.6. The molecule has 0 aliphatic carbocycles. The summed E-state index contributed by atoms with van der Waals surface area (Å²) in [5.41, 5.74) is 0.352. The van der Waals surface area contributed by atoms with E-state index in [1.165, 1.54) is 20.3 Å². The number of rotatable bonds is 7. The third-order valence-corrected chi connectivity index (χ3v) is 5.75. The Morgan fingerprint density at radius 3 is 2.58 bits per heavy atom. The number of aliphatic hydroxyl groups is 1. The minimum atomic E-state index is -4.41. The smallest absolute Gasteiger partial charge is 0.416 e. The summed E-state index contributed by atoms with van der Waals surface area (Å²) in [7, 11) is 3.05. The van der Waals surface area contributed by atoms with Crippen molar-refractivity contribution in [3.05, 3.63) is 47.5 Å². The van der Waals surface area contributed by atoms with E-state index in [2.05, 4.69) is 15.3 Å². The van der Waals surface area contributed by atoms with Crippen LogP contribution in [0.2, 0.25) is 0 Å². The van der Waals surface area contributed by atoms with Gasteiger partial charge in [0.25, 0.3) is 0 Å². The van der Waals surface area contributed by atoms with Crippen LogP contribution >= 0.6 is 0 Å². The molecule has 1 saturated heterocycles. The van der Waals surface area contributed by atoms with E-state index >= 15 is 0 Å². The van der Waals surface area contributed by atoms with Gasteiger partial charge in [0.05, 0.1) is 37.9 Å². The molecule has 7 nitrogen and oxygen atoms in total. The zero-order valence-corrected chi connectivity index (χ0v) is 18.3. The molecule has 0 saturated carbocycles. The molecular formula is C23H25F3N4O3. The van der Waals surface area contributed by atoms with Gasteiger partial charge in [-0.15, -0.1) is 0 Å². The summed E-state index contributed by atoms with van der Waals surface area (Å²) in [4.78, 5) is 11.3. The molecule has 2 N–H and O–H groups in total. The van der Waals surface area contributed by atoms with Gasteiger partial charge >= 0.3 is 6.18 Å². The SMILES string of the molecule is COc1cc2nc(N3CCCC3CO)nc(NCc3cccc(C(F)(F)F)c3)c2cc1OC. The van der Waals surface area contributed by atoms with Gasteiger partial charge < -0.3 is 24.8 Å². The van der Waals surface area contributed by atoms with Crippen LogP contribution in [0.15, 0.2) is 36.4 Å². The van der Waals surface area contributed by atoms with Gasteiger partial charge in [-0.1, -0.05) is 12.1 Å². The fourth-order valence-corrected chi connectivity index (χ4v) is 4.04. The zero-order valence-electron chi connectivity index (χ0n) is 18.3. The van der Waals surface area contributed by atoms with Crippen molar-refractivity contribution in [1.29, 1.82) is 0 Å². The lowest BCUT2D eigenvalue weighted by atomic mass is 10.1. The number of benzene rings is 2. The number of methoxy groups -OCH3 is 2. The number of nitrogens with zero attached hydrogens (tertiary/aromatic N) is 3. The summed E-state index contributed by atoms with van der Waals surface area (Å²) in [6.07, 6.45) is -2.67. The van der Waals surface area contributed by atoms with Crippen LogP contribution in [0.25, 0.3) is 10.9 Å². The van der Waals surface area contributed by atoms with Crippen molar-refractivity contribution in [3.8, 4) is 11.5 Å². The average Bonchev–Trinajstić information content (AvgIpc) is 3.30. The molecule has 1 aromatic heterocycles. The summed E-state index contributed by atoms with van der Waals surface area (Å²) < 4.78 is 50.1. The molecule has 176 valence electrons. The van der Waals surface area contributed by atoms with Crippen molar-refractivity contribution in [2.75, 3.05) is 37.6 Å². The van der Waals surface area contributed by atoms with E-state index in [1.54, 1.807) is 18.2 Å². The molecule has 0 radical (unpaired) electrons. The third-order valence-electron chi connectivity index (χ3n) is 5.75. The second-order valence-electron chi connectivity index (χ2n) is 7.82. The number of ether oxygens (including phenoxy) is 2. The van der Waals surface area contributed by atoms with Crippen molar-refractivity contribution in [2.24, 2.45) is 0 Å². The molecule has 2 aromatic carbocycles. The first-order valence-electron chi connectivity index (χ1n) is 10.6. The molecule has 1 aliphatic heterocycles. The number of halogens is 3. The van der Waals surface area contributed by atoms with Crippen molar-refractivity contribution >= 4 is 22.7 Å². The lowest BCUT2D eigenvalue weighted by molar-refractivity contribution is -0.137. The Hall–Kier alpha value is -3.27. The number of nitrogens with one attached hydrogen (secondary N) is 1. The van der Waals surface area contributed by atoms with Gasteiger partial charge in [0.15, 0.2) is 11.5 Å². The summed E-state index contributed by atoms with van der Waals surface area (Å²) in [6.45, 7) is 0.824. The lowest BCUT2D eigenvalue weighted by Crippen LogP contribution is -2.33. The molecule has 1 atom stereocenters. The number of alkyl halides is 3. The predicted octanol–water partition coefficient (Wildman–Crippen LogP) is 4.24. The second-order valence-corrected chi connectivity index (χ2v) is 7.82. The maximum atomic E-state index is 13.1. The quantitative estimate of drug-likeness (QED) is 0.544. The topological polar surface area (TPSA) is 79.7 Å².